The summed E-state index contributed by atoms with van der Waals surface area (Å²) >= 11 is 0. The predicted molar refractivity (Wildman–Crippen MR) is 121 cm³/mol. The fourth-order valence-corrected chi connectivity index (χ4v) is 3.82. The van der Waals surface area contributed by atoms with E-state index in [-0.39, 0.29) is 5.91 Å². The van der Waals surface area contributed by atoms with Gasteiger partial charge in [-0.05, 0) is 49.8 Å². The first-order chi connectivity index (χ1) is 14.4. The van der Waals surface area contributed by atoms with E-state index < -0.39 is 0 Å². The van der Waals surface area contributed by atoms with Crippen molar-refractivity contribution in [3.63, 3.8) is 0 Å². The van der Waals surface area contributed by atoms with E-state index in [1.165, 1.54) is 11.1 Å². The lowest BCUT2D eigenvalue weighted by Crippen LogP contribution is -2.15. The number of anilines is 1. The summed E-state index contributed by atoms with van der Waals surface area (Å²) in [6.07, 6.45) is 3.28. The number of hydrogen-bond acceptors (Lipinski definition) is 3. The summed E-state index contributed by atoms with van der Waals surface area (Å²) in [4.78, 5) is 12.5. The van der Waals surface area contributed by atoms with E-state index in [2.05, 4.69) is 71.2 Å². The van der Waals surface area contributed by atoms with Crippen LogP contribution in [0.25, 0.3) is 11.4 Å². The molecule has 4 rings (SSSR count). The Kier molecular flexibility index (Phi) is 5.71. The van der Waals surface area contributed by atoms with Crippen LogP contribution in [-0.4, -0.2) is 20.7 Å². The van der Waals surface area contributed by atoms with Gasteiger partial charge in [0.25, 0.3) is 0 Å². The third-order valence-corrected chi connectivity index (χ3v) is 5.75. The van der Waals surface area contributed by atoms with Crippen molar-refractivity contribution in [2.24, 2.45) is 0 Å². The van der Waals surface area contributed by atoms with Crippen molar-refractivity contribution in [2.45, 2.75) is 65.3 Å². The average molecular weight is 403 g/mol. The SMILES string of the molecule is Cc1ccc(NC(=O)CCc2nnc(-c3ccc(C(C)C)cc3)n2C2CC2)c(C)c1. The van der Waals surface area contributed by atoms with Crippen molar-refractivity contribution < 1.29 is 4.79 Å². The van der Waals surface area contributed by atoms with E-state index in [9.17, 15) is 4.79 Å². The summed E-state index contributed by atoms with van der Waals surface area (Å²) in [7, 11) is 0. The minimum Gasteiger partial charge on any atom is -0.326 e. The van der Waals surface area contributed by atoms with Gasteiger partial charge in [-0.25, -0.2) is 0 Å². The lowest BCUT2D eigenvalue weighted by atomic mass is 10.0. The first kappa shape index (κ1) is 20.3. The molecule has 156 valence electrons. The molecule has 2 aromatic carbocycles. The topological polar surface area (TPSA) is 59.8 Å². The van der Waals surface area contributed by atoms with Crippen LogP contribution >= 0.6 is 0 Å². The molecule has 1 aliphatic rings. The molecule has 0 spiro atoms. The maximum absolute atomic E-state index is 12.5. The Morgan fingerprint density at radius 1 is 1.10 bits per heavy atom. The summed E-state index contributed by atoms with van der Waals surface area (Å²) in [5, 5.41) is 12.0. The number of hydrogen-bond donors (Lipinski definition) is 1. The van der Waals surface area contributed by atoms with Crippen LogP contribution in [0.3, 0.4) is 0 Å². The first-order valence-electron chi connectivity index (χ1n) is 10.8. The van der Waals surface area contributed by atoms with Crippen LogP contribution in [0, 0.1) is 13.8 Å². The van der Waals surface area contributed by atoms with Crippen LogP contribution in [-0.2, 0) is 11.2 Å². The summed E-state index contributed by atoms with van der Waals surface area (Å²) in [5.74, 6) is 2.33. The number of nitrogens with zero attached hydrogens (tertiary/aromatic N) is 3. The molecular formula is C25H30N4O. The molecule has 5 nitrogen and oxygen atoms in total. The molecule has 1 aliphatic carbocycles. The number of nitrogens with one attached hydrogen (secondary N) is 1. The summed E-state index contributed by atoms with van der Waals surface area (Å²) in [6, 6.07) is 15.1. The summed E-state index contributed by atoms with van der Waals surface area (Å²) in [6.45, 7) is 8.46. The van der Waals surface area contributed by atoms with Gasteiger partial charge in [-0.2, -0.15) is 0 Å². The molecule has 0 saturated heterocycles. The van der Waals surface area contributed by atoms with Crippen molar-refractivity contribution in [1.29, 1.82) is 0 Å². The van der Waals surface area contributed by atoms with Crippen LogP contribution in [0.2, 0.25) is 0 Å². The molecule has 1 aromatic heterocycles. The molecule has 1 fully saturated rings. The Morgan fingerprint density at radius 2 is 1.83 bits per heavy atom. The summed E-state index contributed by atoms with van der Waals surface area (Å²) < 4.78 is 2.24. The smallest absolute Gasteiger partial charge is 0.224 e. The molecule has 1 saturated carbocycles. The zero-order valence-corrected chi connectivity index (χ0v) is 18.3. The zero-order valence-electron chi connectivity index (χ0n) is 18.3. The highest BCUT2D eigenvalue weighted by Crippen LogP contribution is 2.39. The second kappa shape index (κ2) is 8.42. The molecule has 1 N–H and O–H groups in total. The molecule has 1 heterocycles. The third-order valence-electron chi connectivity index (χ3n) is 5.75. The van der Waals surface area contributed by atoms with Gasteiger partial charge in [-0.3, -0.25) is 4.79 Å². The van der Waals surface area contributed by atoms with E-state index in [4.69, 9.17) is 0 Å². The van der Waals surface area contributed by atoms with Crippen LogP contribution < -0.4 is 5.32 Å². The predicted octanol–water partition coefficient (Wildman–Crippen LogP) is 5.59. The van der Waals surface area contributed by atoms with Gasteiger partial charge >= 0.3 is 0 Å². The molecule has 5 heteroatoms. The van der Waals surface area contributed by atoms with Gasteiger partial charge in [-0.15, -0.1) is 10.2 Å². The number of amides is 1. The fourth-order valence-electron chi connectivity index (χ4n) is 3.82. The minimum atomic E-state index is 0.00939. The van der Waals surface area contributed by atoms with E-state index in [0.29, 0.717) is 24.8 Å². The third kappa shape index (κ3) is 4.45. The second-order valence-electron chi connectivity index (χ2n) is 8.68. The molecule has 0 atom stereocenters. The average Bonchev–Trinajstić information content (AvgIpc) is 3.47. The monoisotopic (exact) mass is 402 g/mol. The van der Waals surface area contributed by atoms with Crippen molar-refractivity contribution in [3.8, 4) is 11.4 Å². The molecule has 0 radical (unpaired) electrons. The second-order valence-corrected chi connectivity index (χ2v) is 8.68. The van der Waals surface area contributed by atoms with Crippen LogP contribution in [0.15, 0.2) is 42.5 Å². The lowest BCUT2D eigenvalue weighted by molar-refractivity contribution is -0.116. The molecule has 3 aromatic rings. The number of aromatic nitrogens is 3. The quantitative estimate of drug-likeness (QED) is 0.560. The van der Waals surface area contributed by atoms with Crippen LogP contribution in [0.1, 0.15) is 67.6 Å². The van der Waals surface area contributed by atoms with Crippen molar-refractivity contribution in [2.75, 3.05) is 5.32 Å². The molecular weight excluding hydrogens is 372 g/mol. The van der Waals surface area contributed by atoms with E-state index in [1.807, 2.05) is 19.1 Å². The van der Waals surface area contributed by atoms with Crippen molar-refractivity contribution >= 4 is 11.6 Å². The standard InChI is InChI=1S/C25H30N4O/c1-16(2)19-6-8-20(9-7-19)25-28-27-23(29(25)21-10-11-21)13-14-24(30)26-22-12-5-17(3)15-18(22)4/h5-9,12,15-16,21H,10-11,13-14H2,1-4H3,(H,26,30). The van der Waals surface area contributed by atoms with E-state index in [0.717, 1.165) is 41.3 Å². The fraction of sp³-hybridized carbons (Fsp3) is 0.400. The highest BCUT2D eigenvalue weighted by molar-refractivity contribution is 5.91. The largest absolute Gasteiger partial charge is 0.326 e. The summed E-state index contributed by atoms with van der Waals surface area (Å²) in [5.41, 5.74) is 5.55. The Labute approximate surface area is 178 Å². The molecule has 0 unspecified atom stereocenters. The highest BCUT2D eigenvalue weighted by atomic mass is 16.1. The first-order valence-corrected chi connectivity index (χ1v) is 10.8. The van der Waals surface area contributed by atoms with Crippen molar-refractivity contribution in [3.05, 3.63) is 65.0 Å². The maximum Gasteiger partial charge on any atom is 0.224 e. The van der Waals surface area contributed by atoms with Crippen LogP contribution in [0.5, 0.6) is 0 Å². The lowest BCUT2D eigenvalue weighted by Gasteiger charge is -2.11. The van der Waals surface area contributed by atoms with Gasteiger partial charge in [-0.1, -0.05) is 55.8 Å². The normalized spacial score (nSPS) is 13.6. The van der Waals surface area contributed by atoms with Crippen LogP contribution in [0.4, 0.5) is 5.69 Å². The Bertz CT molecular complexity index is 1050. The Morgan fingerprint density at radius 3 is 2.47 bits per heavy atom. The Balaban J connectivity index is 1.47. The molecule has 0 aliphatic heterocycles. The van der Waals surface area contributed by atoms with Gasteiger partial charge in [0.15, 0.2) is 5.82 Å². The van der Waals surface area contributed by atoms with E-state index >= 15 is 0 Å². The van der Waals surface area contributed by atoms with Gasteiger partial charge in [0, 0.05) is 30.1 Å². The molecule has 30 heavy (non-hydrogen) atoms. The van der Waals surface area contributed by atoms with Gasteiger partial charge in [0.05, 0.1) is 0 Å². The minimum absolute atomic E-state index is 0.00939. The number of carbonyl (C=O) groups excluding carboxylic acids is 1. The zero-order chi connectivity index (χ0) is 21.3. The van der Waals surface area contributed by atoms with Crippen molar-refractivity contribution in [1.82, 2.24) is 14.8 Å². The van der Waals surface area contributed by atoms with Gasteiger partial charge < -0.3 is 9.88 Å². The maximum atomic E-state index is 12.5. The van der Waals surface area contributed by atoms with Gasteiger partial charge in [0.1, 0.15) is 5.82 Å². The van der Waals surface area contributed by atoms with E-state index in [1.54, 1.807) is 0 Å². The molecule has 0 bridgehead atoms. The number of benzene rings is 2. The highest BCUT2D eigenvalue weighted by Gasteiger charge is 2.30. The number of rotatable bonds is 7. The Hall–Kier alpha value is -2.95. The number of carbonyl (C=O) groups is 1. The van der Waals surface area contributed by atoms with Gasteiger partial charge in [0.2, 0.25) is 5.91 Å². The number of aryl methyl sites for hydroxylation is 3. The molecule has 1 amide bonds.